The lowest BCUT2D eigenvalue weighted by Gasteiger charge is -2.28. The molecule has 0 radical (unpaired) electrons. The number of fused-ring (bicyclic) bond motifs is 1. The van der Waals surface area contributed by atoms with Crippen molar-refractivity contribution in [1.29, 1.82) is 0 Å². The molecule has 30 heavy (non-hydrogen) atoms. The number of carbonyl (C=O) groups excluding carboxylic acids is 2. The molecule has 2 aliphatic heterocycles. The van der Waals surface area contributed by atoms with Crippen LogP contribution in [0, 0.1) is 5.92 Å². The smallest absolute Gasteiger partial charge is 0.266 e. The number of hydrogen-bond donors (Lipinski definition) is 0. The maximum Gasteiger partial charge on any atom is 0.266 e. The van der Waals surface area contributed by atoms with Gasteiger partial charge in [-0.15, -0.1) is 0 Å². The van der Waals surface area contributed by atoms with E-state index in [4.69, 9.17) is 4.84 Å². The Labute approximate surface area is 190 Å². The van der Waals surface area contributed by atoms with E-state index in [1.807, 2.05) is 60.7 Å². The summed E-state index contributed by atoms with van der Waals surface area (Å²) in [7, 11) is 0. The number of hydroxylamine groups is 1. The molecule has 3 atom stereocenters. The molecule has 7 heteroatoms. The summed E-state index contributed by atoms with van der Waals surface area (Å²) in [6.45, 7) is 0. The molecular weight excluding hydrogens is 512 g/mol. The number of amides is 2. The zero-order valence-electron chi connectivity index (χ0n) is 15.6. The van der Waals surface area contributed by atoms with Crippen LogP contribution in [0.4, 0.5) is 11.4 Å². The number of anilines is 2. The molecule has 2 saturated heterocycles. The quantitative estimate of drug-likeness (QED) is 0.436. The van der Waals surface area contributed by atoms with Crippen molar-refractivity contribution in [1.82, 2.24) is 0 Å². The van der Waals surface area contributed by atoms with Crippen LogP contribution >= 0.6 is 31.9 Å². The first-order chi connectivity index (χ1) is 14.5. The van der Waals surface area contributed by atoms with Gasteiger partial charge in [-0.2, -0.15) is 0 Å². The first kappa shape index (κ1) is 19.5. The molecule has 0 aromatic heterocycles. The minimum Gasteiger partial charge on any atom is -0.273 e. The van der Waals surface area contributed by atoms with Gasteiger partial charge in [-0.1, -0.05) is 68.3 Å². The van der Waals surface area contributed by atoms with Gasteiger partial charge in [0, 0.05) is 8.95 Å². The molecule has 2 amide bonds. The van der Waals surface area contributed by atoms with E-state index in [1.54, 1.807) is 23.3 Å². The number of halogens is 2. The fraction of sp³-hybridized carbons (Fsp3) is 0.130. The van der Waals surface area contributed by atoms with Crippen LogP contribution in [0.1, 0.15) is 11.6 Å². The SMILES string of the molecule is O=C1[C@@H]2[C@@H](ON(c3ccccc3)[C@H]2c2cccc(Br)c2)C(=O)N1c1cccc(Br)c1. The van der Waals surface area contributed by atoms with Crippen molar-refractivity contribution >= 4 is 55.0 Å². The van der Waals surface area contributed by atoms with Crippen LogP contribution < -0.4 is 9.96 Å². The molecule has 0 bridgehead atoms. The normalized spacial score (nSPS) is 23.2. The average molecular weight is 528 g/mol. The number of benzene rings is 3. The largest absolute Gasteiger partial charge is 0.273 e. The van der Waals surface area contributed by atoms with Gasteiger partial charge in [-0.25, -0.2) is 9.96 Å². The lowest BCUT2D eigenvalue weighted by Crippen LogP contribution is -2.37. The van der Waals surface area contributed by atoms with Crippen LogP contribution in [0.2, 0.25) is 0 Å². The summed E-state index contributed by atoms with van der Waals surface area (Å²) >= 11 is 6.93. The minimum atomic E-state index is -0.874. The van der Waals surface area contributed by atoms with Crippen molar-refractivity contribution in [2.75, 3.05) is 9.96 Å². The third-order valence-corrected chi connectivity index (χ3v) is 6.37. The van der Waals surface area contributed by atoms with Crippen LogP contribution in [0.5, 0.6) is 0 Å². The van der Waals surface area contributed by atoms with Crippen molar-refractivity contribution in [2.24, 2.45) is 5.92 Å². The number of para-hydroxylation sites is 1. The van der Waals surface area contributed by atoms with E-state index in [2.05, 4.69) is 31.9 Å². The highest BCUT2D eigenvalue weighted by atomic mass is 79.9. The highest BCUT2D eigenvalue weighted by molar-refractivity contribution is 9.10. The van der Waals surface area contributed by atoms with Crippen LogP contribution in [-0.4, -0.2) is 17.9 Å². The summed E-state index contributed by atoms with van der Waals surface area (Å²) in [6, 6.07) is 24.1. The third kappa shape index (κ3) is 3.17. The minimum absolute atomic E-state index is 0.258. The van der Waals surface area contributed by atoms with Gasteiger partial charge < -0.3 is 0 Å². The molecule has 0 N–H and O–H groups in total. The highest BCUT2D eigenvalue weighted by Gasteiger charge is 2.60. The second-order valence-corrected chi connectivity index (χ2v) is 9.04. The Bertz CT molecular complexity index is 1140. The molecule has 3 aromatic rings. The van der Waals surface area contributed by atoms with E-state index in [0.29, 0.717) is 5.69 Å². The maximum atomic E-state index is 13.5. The van der Waals surface area contributed by atoms with Gasteiger partial charge >= 0.3 is 0 Å². The lowest BCUT2D eigenvalue weighted by molar-refractivity contribution is -0.126. The molecule has 5 rings (SSSR count). The molecule has 5 nitrogen and oxygen atoms in total. The van der Waals surface area contributed by atoms with Crippen molar-refractivity contribution < 1.29 is 14.4 Å². The Morgan fingerprint density at radius 3 is 2.10 bits per heavy atom. The molecule has 3 aromatic carbocycles. The molecule has 0 aliphatic carbocycles. The Kier molecular flexibility index (Phi) is 4.97. The van der Waals surface area contributed by atoms with Crippen LogP contribution in [-0.2, 0) is 14.4 Å². The van der Waals surface area contributed by atoms with E-state index < -0.39 is 18.1 Å². The first-order valence-electron chi connectivity index (χ1n) is 9.44. The zero-order valence-corrected chi connectivity index (χ0v) is 18.8. The number of hydrogen-bond acceptors (Lipinski definition) is 4. The fourth-order valence-electron chi connectivity index (χ4n) is 4.11. The summed E-state index contributed by atoms with van der Waals surface area (Å²) in [6.07, 6.45) is -0.874. The van der Waals surface area contributed by atoms with Crippen LogP contribution in [0.25, 0.3) is 0 Å². The molecule has 0 unspecified atom stereocenters. The molecule has 2 heterocycles. The number of rotatable bonds is 3. The van der Waals surface area contributed by atoms with Crippen molar-refractivity contribution in [3.63, 3.8) is 0 Å². The second-order valence-electron chi connectivity index (χ2n) is 7.20. The second kappa shape index (κ2) is 7.65. The number of imide groups is 1. The van der Waals surface area contributed by atoms with Crippen LogP contribution in [0.15, 0.2) is 87.8 Å². The molecule has 2 fully saturated rings. The van der Waals surface area contributed by atoms with Gasteiger partial charge in [-0.05, 0) is 48.0 Å². The van der Waals surface area contributed by atoms with E-state index in [-0.39, 0.29) is 11.8 Å². The van der Waals surface area contributed by atoms with Gasteiger partial charge in [0.15, 0.2) is 6.10 Å². The number of carbonyl (C=O) groups is 2. The Morgan fingerprint density at radius 1 is 0.733 bits per heavy atom. The molecular formula is C23H16Br2N2O3. The van der Waals surface area contributed by atoms with E-state index in [1.165, 1.54) is 4.90 Å². The topological polar surface area (TPSA) is 49.9 Å². The molecule has 0 spiro atoms. The first-order valence-corrected chi connectivity index (χ1v) is 11.0. The van der Waals surface area contributed by atoms with Gasteiger partial charge in [0.25, 0.3) is 5.91 Å². The lowest BCUT2D eigenvalue weighted by atomic mass is 9.90. The van der Waals surface area contributed by atoms with Gasteiger partial charge in [-0.3, -0.25) is 14.4 Å². The predicted molar refractivity (Wildman–Crippen MR) is 121 cm³/mol. The maximum absolute atomic E-state index is 13.5. The Balaban J connectivity index is 1.60. The summed E-state index contributed by atoms with van der Waals surface area (Å²) in [5.74, 6) is -1.25. The summed E-state index contributed by atoms with van der Waals surface area (Å²) < 4.78 is 1.70. The summed E-state index contributed by atoms with van der Waals surface area (Å²) in [5.41, 5.74) is 2.24. The molecule has 0 saturated carbocycles. The summed E-state index contributed by atoms with van der Waals surface area (Å²) in [4.78, 5) is 34.2. The number of nitrogens with zero attached hydrogens (tertiary/aromatic N) is 2. The van der Waals surface area contributed by atoms with Gasteiger partial charge in [0.2, 0.25) is 5.91 Å². The van der Waals surface area contributed by atoms with Crippen LogP contribution in [0.3, 0.4) is 0 Å². The van der Waals surface area contributed by atoms with E-state index >= 15 is 0 Å². The highest BCUT2D eigenvalue weighted by Crippen LogP contribution is 2.47. The fourth-order valence-corrected chi connectivity index (χ4v) is 4.92. The Hall–Kier alpha value is -2.48. The monoisotopic (exact) mass is 526 g/mol. The molecule has 150 valence electrons. The van der Waals surface area contributed by atoms with Crippen molar-refractivity contribution in [3.05, 3.63) is 93.4 Å². The third-order valence-electron chi connectivity index (χ3n) is 5.38. The standard InChI is InChI=1S/C23H16Br2N2O3/c24-15-7-4-6-14(12-15)20-19-21(30-27(20)17-9-2-1-3-10-17)23(29)26(22(19)28)18-11-5-8-16(25)13-18/h1-13,19-21H/t19-,20-,21+/m0/s1. The Morgan fingerprint density at radius 2 is 1.40 bits per heavy atom. The average Bonchev–Trinajstić information content (AvgIpc) is 3.25. The zero-order chi connectivity index (χ0) is 20.8. The predicted octanol–water partition coefficient (Wildman–Crippen LogP) is 5.26. The van der Waals surface area contributed by atoms with E-state index in [9.17, 15) is 9.59 Å². The van der Waals surface area contributed by atoms with Gasteiger partial charge in [0.05, 0.1) is 17.4 Å². The van der Waals surface area contributed by atoms with E-state index in [0.717, 1.165) is 20.2 Å². The van der Waals surface area contributed by atoms with Crippen molar-refractivity contribution in [2.45, 2.75) is 12.1 Å². The van der Waals surface area contributed by atoms with Crippen molar-refractivity contribution in [3.8, 4) is 0 Å². The molecule has 2 aliphatic rings. The summed E-state index contributed by atoms with van der Waals surface area (Å²) in [5, 5.41) is 1.70. The van der Waals surface area contributed by atoms with Gasteiger partial charge in [0.1, 0.15) is 5.92 Å².